The number of nitrogens with zero attached hydrogens (tertiary/aromatic N) is 5. The average molecular weight is 546 g/mol. The van der Waals surface area contributed by atoms with Crippen molar-refractivity contribution in [1.82, 2.24) is 30.2 Å². The van der Waals surface area contributed by atoms with E-state index in [0.717, 1.165) is 12.8 Å². The van der Waals surface area contributed by atoms with E-state index in [4.69, 9.17) is 9.47 Å². The van der Waals surface area contributed by atoms with E-state index in [9.17, 15) is 13.2 Å². The molecule has 3 aromatic heterocycles. The predicted molar refractivity (Wildman–Crippen MR) is 136 cm³/mol. The van der Waals surface area contributed by atoms with Crippen LogP contribution in [0, 0.1) is 5.92 Å². The van der Waals surface area contributed by atoms with Crippen molar-refractivity contribution in [2.75, 3.05) is 24.5 Å². The van der Waals surface area contributed by atoms with Gasteiger partial charge in [-0.05, 0) is 38.5 Å². The second kappa shape index (κ2) is 11.0. The third-order valence-corrected chi connectivity index (χ3v) is 8.96. The first-order valence-electron chi connectivity index (χ1n) is 12.1. The summed E-state index contributed by atoms with van der Waals surface area (Å²) in [5.41, 5.74) is 1.09. The standard InChI is InChI=1S/C23H27N7O5S2/c1-2-35-20-12-24-10-17(28-20)18-11-25-23(36-18)22(31)29-21(14-5-7-34-8-6-14)16-9-19(27-13-26-16)30-37(32,33)15-3-4-15/h9-15,21H,2-8H2,1H3,(H,29,31)(H,26,27,30)/t21-/m1/s1. The van der Waals surface area contributed by atoms with Gasteiger partial charge in [-0.2, -0.15) is 0 Å². The van der Waals surface area contributed by atoms with E-state index in [2.05, 4.69) is 35.0 Å². The minimum absolute atomic E-state index is 0.0497. The molecule has 1 saturated heterocycles. The zero-order chi connectivity index (χ0) is 25.8. The third-order valence-electron chi connectivity index (χ3n) is 6.10. The van der Waals surface area contributed by atoms with Crippen molar-refractivity contribution < 1.29 is 22.7 Å². The summed E-state index contributed by atoms with van der Waals surface area (Å²) in [5.74, 6) is 0.275. The van der Waals surface area contributed by atoms with Gasteiger partial charge in [-0.3, -0.25) is 14.5 Å². The Morgan fingerprint density at radius 2 is 1.97 bits per heavy atom. The minimum Gasteiger partial charge on any atom is -0.477 e. The number of sulfonamides is 1. The topological polar surface area (TPSA) is 158 Å². The van der Waals surface area contributed by atoms with E-state index >= 15 is 0 Å². The van der Waals surface area contributed by atoms with Crippen LogP contribution >= 0.6 is 11.3 Å². The summed E-state index contributed by atoms with van der Waals surface area (Å²) >= 11 is 1.20. The summed E-state index contributed by atoms with van der Waals surface area (Å²) in [6.07, 6.45) is 8.75. The van der Waals surface area contributed by atoms with E-state index in [1.54, 1.807) is 18.5 Å². The van der Waals surface area contributed by atoms with Gasteiger partial charge < -0.3 is 14.8 Å². The summed E-state index contributed by atoms with van der Waals surface area (Å²) in [6, 6.07) is 1.11. The molecule has 196 valence electrons. The molecule has 0 aromatic carbocycles. The Balaban J connectivity index is 1.36. The molecule has 1 aliphatic heterocycles. The van der Waals surface area contributed by atoms with Crippen LogP contribution in [0.1, 0.15) is 54.1 Å². The number of ether oxygens (including phenoxy) is 2. The highest BCUT2D eigenvalue weighted by Crippen LogP contribution is 2.33. The number of carbonyl (C=O) groups excluding carboxylic acids is 1. The number of nitrogens with one attached hydrogen (secondary N) is 2. The first-order valence-corrected chi connectivity index (χ1v) is 14.4. The first-order chi connectivity index (χ1) is 17.9. The second-order valence-electron chi connectivity index (χ2n) is 8.78. The van der Waals surface area contributed by atoms with Crippen molar-refractivity contribution in [1.29, 1.82) is 0 Å². The molecule has 3 aromatic rings. The highest BCUT2D eigenvalue weighted by molar-refractivity contribution is 7.93. The van der Waals surface area contributed by atoms with Gasteiger partial charge >= 0.3 is 0 Å². The summed E-state index contributed by atoms with van der Waals surface area (Å²) < 4.78 is 38.3. The van der Waals surface area contributed by atoms with Crippen molar-refractivity contribution >= 4 is 33.1 Å². The van der Waals surface area contributed by atoms with Gasteiger partial charge in [0.15, 0.2) is 5.01 Å². The molecule has 14 heteroatoms. The molecule has 1 aliphatic carbocycles. The fraction of sp³-hybridized carbons (Fsp3) is 0.478. The highest BCUT2D eigenvalue weighted by Gasteiger charge is 2.36. The van der Waals surface area contributed by atoms with Gasteiger partial charge in [0.25, 0.3) is 5.91 Å². The summed E-state index contributed by atoms with van der Waals surface area (Å²) in [5, 5.41) is 2.95. The predicted octanol–water partition coefficient (Wildman–Crippen LogP) is 2.59. The zero-order valence-corrected chi connectivity index (χ0v) is 21.8. The zero-order valence-electron chi connectivity index (χ0n) is 20.2. The highest BCUT2D eigenvalue weighted by atomic mass is 32.2. The molecule has 0 radical (unpaired) electrons. The molecule has 0 spiro atoms. The normalized spacial score (nSPS) is 17.2. The van der Waals surface area contributed by atoms with E-state index in [0.29, 0.717) is 54.8 Å². The van der Waals surface area contributed by atoms with Gasteiger partial charge in [0.1, 0.15) is 17.8 Å². The number of amides is 1. The molecule has 1 atom stereocenters. The van der Waals surface area contributed by atoms with E-state index in [1.807, 2.05) is 6.92 Å². The van der Waals surface area contributed by atoms with Crippen LogP contribution in [0.4, 0.5) is 5.82 Å². The molecule has 1 amide bonds. The molecule has 0 bridgehead atoms. The van der Waals surface area contributed by atoms with Crippen molar-refractivity contribution in [2.24, 2.45) is 5.92 Å². The molecule has 2 aliphatic rings. The Kier molecular flexibility index (Phi) is 7.58. The maximum absolute atomic E-state index is 13.3. The van der Waals surface area contributed by atoms with Crippen LogP contribution in [-0.4, -0.2) is 64.3 Å². The quantitative estimate of drug-likeness (QED) is 0.388. The Hall–Kier alpha value is -3.23. The largest absolute Gasteiger partial charge is 0.477 e. The molecular weight excluding hydrogens is 518 g/mol. The summed E-state index contributed by atoms with van der Waals surface area (Å²) in [7, 11) is -3.48. The molecule has 4 heterocycles. The van der Waals surface area contributed by atoms with Crippen molar-refractivity contribution in [3.8, 4) is 16.5 Å². The summed E-state index contributed by atoms with van der Waals surface area (Å²) in [6.45, 7) is 3.47. The molecule has 0 unspecified atom stereocenters. The lowest BCUT2D eigenvalue weighted by atomic mass is 9.89. The molecule has 5 rings (SSSR count). The van der Waals surface area contributed by atoms with Gasteiger partial charge in [0.05, 0.1) is 40.9 Å². The second-order valence-corrected chi connectivity index (χ2v) is 11.8. The van der Waals surface area contributed by atoms with Crippen LogP contribution in [0.2, 0.25) is 0 Å². The third kappa shape index (κ3) is 6.19. The average Bonchev–Trinajstić information content (AvgIpc) is 3.66. The molecule has 1 saturated carbocycles. The van der Waals surface area contributed by atoms with E-state index in [-0.39, 0.29) is 27.9 Å². The fourth-order valence-electron chi connectivity index (χ4n) is 4.07. The maximum Gasteiger partial charge on any atom is 0.280 e. The first kappa shape index (κ1) is 25.4. The lowest BCUT2D eigenvalue weighted by Crippen LogP contribution is -2.36. The fourth-order valence-corrected chi connectivity index (χ4v) is 6.17. The minimum atomic E-state index is -3.48. The van der Waals surface area contributed by atoms with Gasteiger partial charge in [-0.1, -0.05) is 0 Å². The SMILES string of the molecule is CCOc1cncc(-c2cnc(C(=O)N[C@@H](c3cc(NS(=O)(=O)C4CC4)ncn3)C3CCOCC3)s2)n1. The van der Waals surface area contributed by atoms with Crippen molar-refractivity contribution in [2.45, 2.75) is 43.9 Å². The van der Waals surface area contributed by atoms with Crippen LogP contribution in [-0.2, 0) is 14.8 Å². The maximum atomic E-state index is 13.3. The Morgan fingerprint density at radius 3 is 2.73 bits per heavy atom. The van der Waals surface area contributed by atoms with Crippen LogP contribution < -0.4 is 14.8 Å². The van der Waals surface area contributed by atoms with Crippen molar-refractivity contribution in [3.05, 3.63) is 41.7 Å². The van der Waals surface area contributed by atoms with Crippen molar-refractivity contribution in [3.63, 3.8) is 0 Å². The lowest BCUT2D eigenvalue weighted by molar-refractivity contribution is 0.0508. The number of anilines is 1. The Bertz CT molecular complexity index is 1360. The molecular formula is C23H27N7O5S2. The number of hydrogen-bond acceptors (Lipinski definition) is 11. The number of aromatic nitrogens is 5. The van der Waals surface area contributed by atoms with Crippen LogP contribution in [0.15, 0.2) is 31.0 Å². The number of carbonyl (C=O) groups is 1. The Morgan fingerprint density at radius 1 is 1.16 bits per heavy atom. The van der Waals surface area contributed by atoms with Crippen LogP contribution in [0.5, 0.6) is 5.88 Å². The number of thiazole rings is 1. The lowest BCUT2D eigenvalue weighted by Gasteiger charge is -2.30. The van der Waals surface area contributed by atoms with E-state index in [1.165, 1.54) is 23.9 Å². The molecule has 2 N–H and O–H groups in total. The van der Waals surface area contributed by atoms with Gasteiger partial charge in [0.2, 0.25) is 15.9 Å². The van der Waals surface area contributed by atoms with E-state index < -0.39 is 16.1 Å². The molecule has 2 fully saturated rings. The number of rotatable bonds is 10. The van der Waals surface area contributed by atoms with Gasteiger partial charge in [-0.15, -0.1) is 11.3 Å². The number of hydrogen-bond donors (Lipinski definition) is 2. The smallest absolute Gasteiger partial charge is 0.280 e. The van der Waals surface area contributed by atoms with Gasteiger partial charge in [0, 0.05) is 25.5 Å². The van der Waals surface area contributed by atoms with Crippen LogP contribution in [0.3, 0.4) is 0 Å². The van der Waals surface area contributed by atoms with Gasteiger partial charge in [-0.25, -0.2) is 28.4 Å². The monoisotopic (exact) mass is 545 g/mol. The molecule has 12 nitrogen and oxygen atoms in total. The Labute approximate surface area is 218 Å². The summed E-state index contributed by atoms with van der Waals surface area (Å²) in [4.78, 5) is 35.3. The molecule has 37 heavy (non-hydrogen) atoms. The van der Waals surface area contributed by atoms with Crippen LogP contribution in [0.25, 0.3) is 10.6 Å².